The molecule has 0 bridgehead atoms. The second-order valence-electron chi connectivity index (χ2n) is 7.11. The number of aliphatic imine (C=N–C) groups is 1. The van der Waals surface area contributed by atoms with E-state index in [2.05, 4.69) is 9.89 Å². The number of guanidine groups is 1. The summed E-state index contributed by atoms with van der Waals surface area (Å²) in [5.74, 6) is -0.00941. The Labute approximate surface area is 171 Å². The van der Waals surface area contributed by atoms with E-state index >= 15 is 0 Å². The van der Waals surface area contributed by atoms with Crippen LogP contribution in [-0.4, -0.2) is 61.1 Å². The molecule has 5 rings (SSSR count). The predicted octanol–water partition coefficient (Wildman–Crippen LogP) is 2.08. The van der Waals surface area contributed by atoms with Gasteiger partial charge < -0.3 is 14.1 Å². The number of rotatable bonds is 5. The average molecular weight is 409 g/mol. The molecule has 1 aromatic heterocycles. The van der Waals surface area contributed by atoms with Crippen molar-refractivity contribution in [3.05, 3.63) is 58.0 Å². The van der Waals surface area contributed by atoms with Gasteiger partial charge in [-0.2, -0.15) is 4.99 Å². The van der Waals surface area contributed by atoms with E-state index in [1.165, 1.54) is 18.2 Å². The van der Waals surface area contributed by atoms with Crippen molar-refractivity contribution < 1.29 is 18.9 Å². The van der Waals surface area contributed by atoms with Crippen molar-refractivity contribution in [1.82, 2.24) is 4.90 Å². The molecule has 1 saturated heterocycles. The van der Waals surface area contributed by atoms with Crippen LogP contribution < -0.4 is 9.80 Å². The number of hydrogen-bond donors (Lipinski definition) is 0. The van der Waals surface area contributed by atoms with E-state index in [0.29, 0.717) is 18.2 Å². The van der Waals surface area contributed by atoms with Crippen molar-refractivity contribution >= 4 is 35.2 Å². The van der Waals surface area contributed by atoms with Crippen LogP contribution in [0.4, 0.5) is 17.3 Å². The number of anilines is 2. The zero-order chi connectivity index (χ0) is 20.7. The summed E-state index contributed by atoms with van der Waals surface area (Å²) in [6.45, 7) is 4.72. The van der Waals surface area contributed by atoms with Crippen molar-refractivity contribution in [3.63, 3.8) is 0 Å². The molecular weight excluding hydrogens is 390 g/mol. The first-order valence-corrected chi connectivity index (χ1v) is 9.67. The Morgan fingerprint density at radius 3 is 2.60 bits per heavy atom. The van der Waals surface area contributed by atoms with E-state index in [0.717, 1.165) is 44.2 Å². The van der Waals surface area contributed by atoms with Gasteiger partial charge in [-0.15, -0.1) is 0 Å². The number of morpholine rings is 1. The summed E-state index contributed by atoms with van der Waals surface area (Å²) < 4.78 is 10.6. The summed E-state index contributed by atoms with van der Waals surface area (Å²) in [6.07, 6.45) is 1.49. The molecule has 2 aromatic rings. The molecule has 0 saturated carbocycles. The monoisotopic (exact) mass is 409 g/mol. The molecule has 30 heavy (non-hydrogen) atoms. The molecule has 3 aliphatic rings. The van der Waals surface area contributed by atoms with Crippen LogP contribution in [0.1, 0.15) is 5.76 Å². The molecule has 1 amide bonds. The number of hydrogen-bond acceptors (Lipinski definition) is 8. The average Bonchev–Trinajstić information content (AvgIpc) is 3.42. The molecule has 0 unspecified atom stereocenters. The van der Waals surface area contributed by atoms with Crippen LogP contribution in [0, 0.1) is 10.1 Å². The molecule has 4 heterocycles. The van der Waals surface area contributed by atoms with Gasteiger partial charge in [0, 0.05) is 32.3 Å². The molecule has 3 aliphatic heterocycles. The van der Waals surface area contributed by atoms with Crippen molar-refractivity contribution in [2.45, 2.75) is 0 Å². The number of carbonyl (C=O) groups is 1. The van der Waals surface area contributed by atoms with Gasteiger partial charge in [0.15, 0.2) is 0 Å². The van der Waals surface area contributed by atoms with Gasteiger partial charge in [0.05, 0.1) is 30.7 Å². The van der Waals surface area contributed by atoms with E-state index < -0.39 is 10.8 Å². The Balaban J connectivity index is 1.45. The lowest BCUT2D eigenvalue weighted by molar-refractivity contribution is -0.402. The normalized spacial score (nSPS) is 19.9. The lowest BCUT2D eigenvalue weighted by Gasteiger charge is -2.29. The zero-order valence-corrected chi connectivity index (χ0v) is 16.1. The smallest absolute Gasteiger partial charge is 0.401 e. The molecule has 1 fully saturated rings. The van der Waals surface area contributed by atoms with Gasteiger partial charge >= 0.3 is 5.88 Å². The highest BCUT2D eigenvalue weighted by Crippen LogP contribution is 2.42. The van der Waals surface area contributed by atoms with Gasteiger partial charge in [0.2, 0.25) is 5.96 Å². The largest absolute Gasteiger partial charge is 0.433 e. The number of benzene rings is 1. The number of amides is 1. The molecular formula is C20H19N5O5. The van der Waals surface area contributed by atoms with Crippen LogP contribution in [0.3, 0.4) is 0 Å². The maximum atomic E-state index is 12.7. The highest BCUT2D eigenvalue weighted by molar-refractivity contribution is 6.31. The fourth-order valence-corrected chi connectivity index (χ4v) is 3.87. The number of fused-ring (bicyclic) bond motifs is 3. The Hall–Kier alpha value is -3.50. The Morgan fingerprint density at radius 2 is 1.87 bits per heavy atom. The van der Waals surface area contributed by atoms with Crippen molar-refractivity contribution in [2.75, 3.05) is 49.2 Å². The van der Waals surface area contributed by atoms with Gasteiger partial charge in [-0.1, -0.05) is 12.1 Å². The third kappa shape index (κ3) is 3.15. The van der Waals surface area contributed by atoms with Crippen molar-refractivity contribution in [3.8, 4) is 0 Å². The van der Waals surface area contributed by atoms with E-state index in [-0.39, 0.29) is 11.6 Å². The second kappa shape index (κ2) is 7.39. The van der Waals surface area contributed by atoms with E-state index in [4.69, 9.17) is 9.15 Å². The topological polar surface area (TPSA) is 105 Å². The van der Waals surface area contributed by atoms with Crippen LogP contribution in [-0.2, 0) is 9.53 Å². The maximum Gasteiger partial charge on any atom is 0.433 e. The van der Waals surface area contributed by atoms with Gasteiger partial charge in [0.1, 0.15) is 16.4 Å². The first kappa shape index (κ1) is 18.5. The van der Waals surface area contributed by atoms with Crippen LogP contribution >= 0.6 is 0 Å². The number of carbonyl (C=O) groups excluding carboxylic acids is 1. The fourth-order valence-electron chi connectivity index (χ4n) is 3.87. The summed E-state index contributed by atoms with van der Waals surface area (Å²) in [5, 5.41) is 10.9. The summed E-state index contributed by atoms with van der Waals surface area (Å²) in [5.41, 5.74) is 2.11. The number of furan rings is 1. The zero-order valence-electron chi connectivity index (χ0n) is 16.1. The van der Waals surface area contributed by atoms with Crippen LogP contribution in [0.2, 0.25) is 0 Å². The molecule has 0 aliphatic carbocycles. The fraction of sp³-hybridized carbons (Fsp3) is 0.300. The number of nitrogens with zero attached hydrogens (tertiary/aromatic N) is 5. The summed E-state index contributed by atoms with van der Waals surface area (Å²) in [6, 6.07) is 10.5. The predicted molar refractivity (Wildman–Crippen MR) is 109 cm³/mol. The Bertz CT molecular complexity index is 1070. The standard InChI is InChI=1S/C20H19N5O5/c26-19-17(13-14-5-6-18(30-14)25(27)28)24-16-4-2-1-3-15(16)23(20(24)21-19)8-7-22-9-11-29-12-10-22/h1-6,13H,7-12H2/b17-13+. The minimum Gasteiger partial charge on any atom is -0.401 e. The lowest BCUT2D eigenvalue weighted by Crippen LogP contribution is -2.43. The first-order chi connectivity index (χ1) is 14.6. The molecule has 154 valence electrons. The highest BCUT2D eigenvalue weighted by Gasteiger charge is 2.42. The SMILES string of the molecule is O=C1N=C2N(CCN3CCOCC3)c3ccccc3N2/C1=C/c1ccc([N+](=O)[O-])o1. The molecule has 10 heteroatoms. The summed E-state index contributed by atoms with van der Waals surface area (Å²) >= 11 is 0. The van der Waals surface area contributed by atoms with Gasteiger partial charge in [-0.05, 0) is 18.2 Å². The maximum absolute atomic E-state index is 12.7. The molecule has 1 aromatic carbocycles. The van der Waals surface area contributed by atoms with Crippen molar-refractivity contribution in [2.24, 2.45) is 4.99 Å². The molecule has 0 N–H and O–H groups in total. The van der Waals surface area contributed by atoms with Gasteiger partial charge in [0.25, 0.3) is 5.91 Å². The summed E-state index contributed by atoms with van der Waals surface area (Å²) in [4.78, 5) is 33.4. The van der Waals surface area contributed by atoms with E-state index in [9.17, 15) is 14.9 Å². The molecule has 0 spiro atoms. The van der Waals surface area contributed by atoms with Gasteiger partial charge in [-0.3, -0.25) is 24.7 Å². The molecule has 0 radical (unpaired) electrons. The van der Waals surface area contributed by atoms with Crippen LogP contribution in [0.5, 0.6) is 0 Å². The highest BCUT2D eigenvalue weighted by atomic mass is 16.6. The van der Waals surface area contributed by atoms with Crippen LogP contribution in [0.25, 0.3) is 6.08 Å². The molecule has 0 atom stereocenters. The minimum absolute atomic E-state index is 0.228. The summed E-state index contributed by atoms with van der Waals surface area (Å²) in [7, 11) is 0. The third-order valence-corrected chi connectivity index (χ3v) is 5.33. The Morgan fingerprint density at radius 1 is 1.10 bits per heavy atom. The van der Waals surface area contributed by atoms with Gasteiger partial charge in [-0.25, -0.2) is 0 Å². The number of nitro groups is 1. The molecule has 10 nitrogen and oxygen atoms in total. The first-order valence-electron chi connectivity index (χ1n) is 9.67. The number of ether oxygens (including phenoxy) is 1. The Kier molecular flexibility index (Phi) is 4.57. The second-order valence-corrected chi connectivity index (χ2v) is 7.11. The van der Waals surface area contributed by atoms with Crippen LogP contribution in [0.15, 0.2) is 51.5 Å². The van der Waals surface area contributed by atoms with E-state index in [1.54, 1.807) is 4.90 Å². The number of para-hydroxylation sites is 2. The van der Waals surface area contributed by atoms with Crippen molar-refractivity contribution in [1.29, 1.82) is 0 Å². The van der Waals surface area contributed by atoms with E-state index in [1.807, 2.05) is 29.2 Å². The lowest BCUT2D eigenvalue weighted by atomic mass is 10.2. The third-order valence-electron chi connectivity index (χ3n) is 5.33. The quantitative estimate of drug-likeness (QED) is 0.420. The minimum atomic E-state index is -0.612.